The second-order valence-corrected chi connectivity index (χ2v) is 1.40. The molecule has 13 heavy (non-hydrogen) atoms. The first-order chi connectivity index (χ1) is 5.62. The third-order valence-corrected chi connectivity index (χ3v) is 0.572. The van der Waals surface area contributed by atoms with E-state index in [1.54, 1.807) is 0 Å². The van der Waals surface area contributed by atoms with E-state index in [1.165, 1.54) is 0 Å². The van der Waals surface area contributed by atoms with Gasteiger partial charge in [-0.2, -0.15) is 0 Å². The first-order valence-electron chi connectivity index (χ1n) is 2.78. The molecule has 9 heteroatoms. The summed E-state index contributed by atoms with van der Waals surface area (Å²) < 4.78 is 0. The average Bonchev–Trinajstić information content (AvgIpc) is 2.16. The first-order valence-corrected chi connectivity index (χ1v) is 2.78. The molecule has 0 saturated heterocycles. The van der Waals surface area contributed by atoms with Crippen LogP contribution in [0.15, 0.2) is 0 Å². The molecule has 0 aromatic carbocycles. The van der Waals surface area contributed by atoms with Crippen LogP contribution in [0.5, 0.6) is 0 Å². The summed E-state index contributed by atoms with van der Waals surface area (Å²) in [4.78, 5) is 19.3. The van der Waals surface area contributed by atoms with E-state index < -0.39 is 11.8 Å². The number of rotatable bonds is 2. The number of nitrogens with zero attached hydrogens (tertiary/aromatic N) is 2. The minimum absolute atomic E-state index is 0. The zero-order valence-corrected chi connectivity index (χ0v) is 7.48. The molecule has 0 aliphatic heterocycles. The Labute approximate surface area is 84.5 Å². The van der Waals surface area contributed by atoms with Crippen LogP contribution in [-0.4, -0.2) is 35.3 Å². The van der Waals surface area contributed by atoms with Crippen LogP contribution in [0, 0.1) is 0 Å². The number of hydrogen-bond acceptors (Lipinski definition) is 6. The molecule has 0 spiro atoms. The Morgan fingerprint density at radius 1 is 1.00 bits per heavy atom. The van der Waals surface area contributed by atoms with E-state index >= 15 is 0 Å². The molecule has 0 atom stereocenters. The molecule has 2 amide bonds. The molecule has 0 aromatic rings. The maximum Gasteiger partial charge on any atom is 0.0849 e. The van der Waals surface area contributed by atoms with E-state index in [0.29, 0.717) is 0 Å². The number of carbonyl (C=O) groups is 2. The average molecular weight is 237 g/mol. The van der Waals surface area contributed by atoms with Crippen LogP contribution in [0.2, 0.25) is 0 Å². The number of hydroxylamine groups is 2. The van der Waals surface area contributed by atoms with Gasteiger partial charge in [-0.25, -0.2) is 0 Å². The van der Waals surface area contributed by atoms with E-state index in [2.05, 4.69) is 22.4 Å². The van der Waals surface area contributed by atoms with Gasteiger partial charge in [-0.15, -0.1) is 0 Å². The van der Waals surface area contributed by atoms with Crippen molar-refractivity contribution in [3.63, 3.8) is 0 Å². The Morgan fingerprint density at radius 3 is 1.23 bits per heavy atom. The predicted octanol–water partition coefficient (Wildman–Crippen LogP) is -1.53. The Kier molecular flexibility index (Phi) is 19.3. The number of hydrogen-bond donors (Lipinski definition) is 4. The van der Waals surface area contributed by atoms with Crippen LogP contribution in [-0.2, 0) is 26.1 Å². The van der Waals surface area contributed by atoms with Crippen molar-refractivity contribution in [2.24, 2.45) is 11.5 Å². The fourth-order valence-electron chi connectivity index (χ4n) is 0.0816. The zero-order valence-electron chi connectivity index (χ0n) is 6.49. The van der Waals surface area contributed by atoms with Gasteiger partial charge >= 0.3 is 0 Å². The van der Waals surface area contributed by atoms with Crippen molar-refractivity contribution < 1.29 is 36.5 Å². The summed E-state index contributed by atoms with van der Waals surface area (Å²) in [5.41, 5.74) is 13.8. The third kappa shape index (κ3) is 18.3. The van der Waals surface area contributed by atoms with Crippen molar-refractivity contribution in [3.8, 4) is 0 Å². The largest absolute Gasteiger partial charge is 0.533 e. The van der Waals surface area contributed by atoms with Crippen LogP contribution in [0.1, 0.15) is 0 Å². The van der Waals surface area contributed by atoms with Gasteiger partial charge in [-0.3, -0.25) is 0 Å². The summed E-state index contributed by atoms with van der Waals surface area (Å²) in [7, 11) is 0. The molecule has 0 rings (SSSR count). The van der Waals surface area contributed by atoms with E-state index in [4.69, 9.17) is 10.4 Å². The molecule has 0 heterocycles. The molecule has 0 aliphatic carbocycles. The monoisotopic (exact) mass is 236 g/mol. The van der Waals surface area contributed by atoms with Crippen LogP contribution < -0.4 is 11.5 Å². The topological polar surface area (TPSA) is 155 Å². The summed E-state index contributed by atoms with van der Waals surface area (Å²) in [5, 5.41) is 15.1. The van der Waals surface area contributed by atoms with Crippen LogP contribution in [0.25, 0.3) is 11.0 Å². The van der Waals surface area contributed by atoms with Crippen LogP contribution in [0.3, 0.4) is 0 Å². The second-order valence-electron chi connectivity index (χ2n) is 1.40. The van der Waals surface area contributed by atoms with Gasteiger partial charge in [0.2, 0.25) is 0 Å². The minimum Gasteiger partial charge on any atom is -0.533 e. The molecular formula is C4H10N4NiO4-2. The summed E-state index contributed by atoms with van der Waals surface area (Å²) in [6.45, 7) is -0.451. The summed E-state index contributed by atoms with van der Waals surface area (Å²) in [6, 6.07) is 0. The Hall–Kier alpha value is -0.726. The quantitative estimate of drug-likeness (QED) is 0.259. The van der Waals surface area contributed by atoms with Gasteiger partial charge in [0.1, 0.15) is 0 Å². The van der Waals surface area contributed by atoms with Gasteiger partial charge in [-0.1, -0.05) is 0 Å². The van der Waals surface area contributed by atoms with Gasteiger partial charge in [-0.05, 0) is 0 Å². The van der Waals surface area contributed by atoms with E-state index in [-0.39, 0.29) is 29.6 Å². The van der Waals surface area contributed by atoms with Crippen molar-refractivity contribution >= 4 is 11.8 Å². The van der Waals surface area contributed by atoms with Gasteiger partial charge in [0.15, 0.2) is 0 Å². The van der Waals surface area contributed by atoms with E-state index in [1.807, 2.05) is 0 Å². The third-order valence-electron chi connectivity index (χ3n) is 0.572. The van der Waals surface area contributed by atoms with E-state index in [0.717, 1.165) is 0 Å². The fourth-order valence-corrected chi connectivity index (χ4v) is 0.0816. The molecule has 0 unspecified atom stereocenters. The molecule has 6 N–H and O–H groups in total. The number of carbonyl (C=O) groups excluding carboxylic acids is 2. The molecule has 0 fully saturated rings. The second kappa shape index (κ2) is 13.8. The maximum atomic E-state index is 9.64. The Morgan fingerprint density at radius 2 is 1.23 bits per heavy atom. The number of amides is 2. The van der Waals surface area contributed by atoms with E-state index in [9.17, 15) is 9.59 Å². The molecule has 0 saturated carbocycles. The van der Waals surface area contributed by atoms with Gasteiger partial charge in [0.25, 0.3) is 0 Å². The summed E-state index contributed by atoms with van der Waals surface area (Å²) >= 11 is 0. The fraction of sp³-hybridized carbons (Fsp3) is 0.500. The van der Waals surface area contributed by atoms with Gasteiger partial charge in [0, 0.05) is 29.6 Å². The Balaban J connectivity index is -0.000000143. The van der Waals surface area contributed by atoms with Crippen LogP contribution >= 0.6 is 0 Å². The molecule has 0 aromatic heterocycles. The number of nitrogens with two attached hydrogens (primary N) is 2. The Bertz CT molecular complexity index is 116. The van der Waals surface area contributed by atoms with Crippen molar-refractivity contribution in [3.05, 3.63) is 11.0 Å². The summed E-state index contributed by atoms with van der Waals surface area (Å²) in [6.07, 6.45) is 0. The molecule has 0 bridgehead atoms. The molecule has 82 valence electrons. The van der Waals surface area contributed by atoms with Crippen molar-refractivity contribution in [2.45, 2.75) is 0 Å². The molecule has 8 nitrogen and oxygen atoms in total. The smallest absolute Gasteiger partial charge is 0.0849 e. The van der Waals surface area contributed by atoms with Crippen molar-refractivity contribution in [1.29, 1.82) is 0 Å². The molecule has 0 radical (unpaired) electrons. The van der Waals surface area contributed by atoms with Crippen LogP contribution in [0.4, 0.5) is 0 Å². The maximum absolute atomic E-state index is 9.64. The van der Waals surface area contributed by atoms with Gasteiger partial charge in [0.05, 0.1) is 11.8 Å². The van der Waals surface area contributed by atoms with Crippen molar-refractivity contribution in [1.82, 2.24) is 0 Å². The minimum atomic E-state index is -0.699. The normalized spacial score (nSPS) is 7.08. The predicted molar refractivity (Wildman–Crippen MR) is 38.4 cm³/mol. The van der Waals surface area contributed by atoms with Crippen molar-refractivity contribution in [2.75, 3.05) is 13.1 Å². The standard InChI is InChI=1S/2C2H6N2O2.Ni/c2*3-1-2(5)4-6;/h2*1,3H2,(H2,4,5,6);/p-2. The van der Waals surface area contributed by atoms with Gasteiger partial charge < -0.3 is 42.4 Å². The molecule has 0 aliphatic rings. The first kappa shape index (κ1) is 18.1. The SMILES string of the molecule is NCC(=O)[N-]O.NCC(=O)[N-]O.[Ni]. The zero-order chi connectivity index (χ0) is 9.98. The molecular weight excluding hydrogens is 227 g/mol. The summed E-state index contributed by atoms with van der Waals surface area (Å²) in [5.74, 6) is -1.40.